The molecule has 4 nitrogen and oxygen atoms in total. The van der Waals surface area contributed by atoms with Crippen molar-refractivity contribution < 1.29 is 13.6 Å². The summed E-state index contributed by atoms with van der Waals surface area (Å²) in [6.07, 6.45) is 1.58. The van der Waals surface area contributed by atoms with Gasteiger partial charge in [-0.15, -0.1) is 0 Å². The molecule has 1 N–H and O–H groups in total. The highest BCUT2D eigenvalue weighted by atomic mass is 19.1. The summed E-state index contributed by atoms with van der Waals surface area (Å²) in [5.41, 5.74) is 0.523. The molecular weight excluding hydrogens is 278 g/mol. The highest BCUT2D eigenvalue weighted by molar-refractivity contribution is 6.12. The number of nitrogens with zero attached hydrogens (tertiary/aromatic N) is 1. The Hall–Kier alpha value is -2.76. The fourth-order valence-electron chi connectivity index (χ4n) is 2.27. The average molecular weight is 288 g/mol. The minimum absolute atomic E-state index is 0.146. The van der Waals surface area contributed by atoms with Gasteiger partial charge in [-0.1, -0.05) is 0 Å². The van der Waals surface area contributed by atoms with Crippen molar-refractivity contribution in [1.82, 2.24) is 9.38 Å². The Kier molecular flexibility index (Phi) is 2.94. The van der Waals surface area contributed by atoms with Gasteiger partial charge >= 0.3 is 0 Å². The lowest BCUT2D eigenvalue weighted by atomic mass is 10.0. The van der Waals surface area contributed by atoms with Gasteiger partial charge in [-0.2, -0.15) is 0 Å². The second-order valence-corrected chi connectivity index (χ2v) is 4.65. The summed E-state index contributed by atoms with van der Waals surface area (Å²) in [6, 6.07) is 5.33. The van der Waals surface area contributed by atoms with Crippen LogP contribution in [0.15, 0.2) is 41.3 Å². The number of pyridine rings is 1. The van der Waals surface area contributed by atoms with E-state index in [4.69, 9.17) is 0 Å². The predicted molar refractivity (Wildman–Crippen MR) is 72.5 cm³/mol. The fraction of sp³-hybridized carbons (Fsp3) is 0.0667. The molecular formula is C15H10F2N2O2. The van der Waals surface area contributed by atoms with Crippen LogP contribution >= 0.6 is 0 Å². The van der Waals surface area contributed by atoms with Crippen LogP contribution in [0.25, 0.3) is 5.65 Å². The maximum Gasteiger partial charge on any atom is 0.256 e. The first-order valence-electron chi connectivity index (χ1n) is 6.18. The van der Waals surface area contributed by atoms with Crippen LogP contribution in [0.2, 0.25) is 0 Å². The lowest BCUT2D eigenvalue weighted by molar-refractivity contribution is 0.103. The molecule has 0 fully saturated rings. The third-order valence-electron chi connectivity index (χ3n) is 3.28. The highest BCUT2D eigenvalue weighted by Gasteiger charge is 2.19. The first kappa shape index (κ1) is 13.2. The van der Waals surface area contributed by atoms with E-state index in [1.807, 2.05) is 0 Å². The van der Waals surface area contributed by atoms with Crippen LogP contribution in [0.4, 0.5) is 8.78 Å². The Morgan fingerprint density at radius 2 is 1.86 bits per heavy atom. The Morgan fingerprint density at radius 3 is 2.57 bits per heavy atom. The summed E-state index contributed by atoms with van der Waals surface area (Å²) in [5.74, 6) is -2.31. The molecule has 1 aromatic carbocycles. The number of aryl methyl sites for hydroxylation is 1. The molecule has 0 radical (unpaired) electrons. The van der Waals surface area contributed by atoms with Crippen LogP contribution in [0, 0.1) is 18.6 Å². The van der Waals surface area contributed by atoms with Gasteiger partial charge in [-0.25, -0.2) is 8.78 Å². The summed E-state index contributed by atoms with van der Waals surface area (Å²) in [5, 5.41) is 0. The number of nitrogens with one attached hydrogen (secondary N) is 1. The Labute approximate surface area is 117 Å². The van der Waals surface area contributed by atoms with E-state index in [2.05, 4.69) is 4.98 Å². The molecule has 0 saturated carbocycles. The number of ketones is 1. The van der Waals surface area contributed by atoms with Crippen LogP contribution in [-0.4, -0.2) is 15.2 Å². The van der Waals surface area contributed by atoms with Crippen molar-refractivity contribution in [2.75, 3.05) is 0 Å². The molecule has 0 bridgehead atoms. The van der Waals surface area contributed by atoms with Gasteiger partial charge < -0.3 is 4.98 Å². The van der Waals surface area contributed by atoms with E-state index < -0.39 is 17.4 Å². The molecule has 0 saturated heterocycles. The zero-order chi connectivity index (χ0) is 15.1. The summed E-state index contributed by atoms with van der Waals surface area (Å²) < 4.78 is 28.0. The van der Waals surface area contributed by atoms with Crippen LogP contribution in [0.1, 0.15) is 21.6 Å². The third kappa shape index (κ3) is 2.05. The number of hydrogen-bond donors (Lipinski definition) is 1. The van der Waals surface area contributed by atoms with Gasteiger partial charge in [0.05, 0.1) is 11.1 Å². The zero-order valence-corrected chi connectivity index (χ0v) is 11.0. The molecule has 0 aliphatic heterocycles. The Morgan fingerprint density at radius 1 is 1.14 bits per heavy atom. The van der Waals surface area contributed by atoms with Gasteiger partial charge in [0.25, 0.3) is 5.56 Å². The van der Waals surface area contributed by atoms with Crippen LogP contribution in [0.3, 0.4) is 0 Å². The number of halogens is 2. The molecule has 21 heavy (non-hydrogen) atoms. The second-order valence-electron chi connectivity index (χ2n) is 4.65. The van der Waals surface area contributed by atoms with E-state index in [1.54, 1.807) is 13.1 Å². The van der Waals surface area contributed by atoms with Crippen LogP contribution in [-0.2, 0) is 0 Å². The van der Waals surface area contributed by atoms with E-state index in [0.717, 1.165) is 12.1 Å². The Balaban J connectivity index is 2.23. The molecule has 3 rings (SSSR count). The summed E-state index contributed by atoms with van der Waals surface area (Å²) in [6.45, 7) is 1.71. The van der Waals surface area contributed by atoms with Crippen molar-refractivity contribution >= 4 is 11.4 Å². The van der Waals surface area contributed by atoms with E-state index in [0.29, 0.717) is 11.8 Å². The number of fused-ring (bicyclic) bond motifs is 1. The molecule has 0 aliphatic rings. The lowest BCUT2D eigenvalue weighted by Crippen LogP contribution is -2.16. The Bertz CT molecular complexity index is 925. The fourth-order valence-corrected chi connectivity index (χ4v) is 2.27. The number of hydrogen-bond acceptors (Lipinski definition) is 2. The monoisotopic (exact) mass is 288 g/mol. The van der Waals surface area contributed by atoms with Gasteiger partial charge in [0, 0.05) is 24.0 Å². The number of H-pyrrole nitrogens is 1. The maximum absolute atomic E-state index is 13.7. The minimum Gasteiger partial charge on any atom is -0.345 e. The number of carbonyl (C=O) groups is 1. The molecule has 0 atom stereocenters. The van der Waals surface area contributed by atoms with E-state index in [9.17, 15) is 18.4 Å². The average Bonchev–Trinajstić information content (AvgIpc) is 2.82. The van der Waals surface area contributed by atoms with Gasteiger partial charge in [-0.05, 0) is 25.1 Å². The van der Waals surface area contributed by atoms with E-state index in [1.165, 1.54) is 16.5 Å². The first-order valence-corrected chi connectivity index (χ1v) is 6.18. The van der Waals surface area contributed by atoms with Gasteiger partial charge in [0.2, 0.25) is 0 Å². The maximum atomic E-state index is 13.7. The lowest BCUT2D eigenvalue weighted by Gasteiger charge is -2.05. The normalized spacial score (nSPS) is 11.0. The standard InChI is InChI=1S/C15H10F2N2O2/c1-8-7-18-15-11(4-5-13(20)19(8)15)14(21)10-3-2-9(16)6-12(10)17/h2-7,18H,1H3. The number of benzene rings is 1. The molecule has 0 aliphatic carbocycles. The topological polar surface area (TPSA) is 54.3 Å². The van der Waals surface area contributed by atoms with Crippen LogP contribution in [0.5, 0.6) is 0 Å². The van der Waals surface area contributed by atoms with Gasteiger partial charge in [-0.3, -0.25) is 14.0 Å². The van der Waals surface area contributed by atoms with E-state index in [-0.39, 0.29) is 22.3 Å². The first-order chi connectivity index (χ1) is 9.99. The van der Waals surface area contributed by atoms with Crippen LogP contribution < -0.4 is 5.56 Å². The number of imidazole rings is 1. The molecule has 106 valence electrons. The van der Waals surface area contributed by atoms with Crippen molar-refractivity contribution in [3.05, 3.63) is 75.3 Å². The number of rotatable bonds is 2. The number of aromatic nitrogens is 2. The van der Waals surface area contributed by atoms with Gasteiger partial charge in [0.1, 0.15) is 17.3 Å². The molecule has 3 aromatic rings. The largest absolute Gasteiger partial charge is 0.345 e. The van der Waals surface area contributed by atoms with E-state index >= 15 is 0 Å². The van der Waals surface area contributed by atoms with Crippen molar-refractivity contribution in [2.24, 2.45) is 0 Å². The van der Waals surface area contributed by atoms with Crippen molar-refractivity contribution in [1.29, 1.82) is 0 Å². The van der Waals surface area contributed by atoms with Crippen molar-refractivity contribution in [2.45, 2.75) is 6.92 Å². The second kappa shape index (κ2) is 4.66. The molecule has 0 amide bonds. The number of aromatic amines is 1. The number of carbonyl (C=O) groups excluding carboxylic acids is 1. The predicted octanol–water partition coefficient (Wildman–Crippen LogP) is 2.45. The van der Waals surface area contributed by atoms with Crippen molar-refractivity contribution in [3.63, 3.8) is 0 Å². The molecule has 2 heterocycles. The quantitative estimate of drug-likeness (QED) is 0.736. The van der Waals surface area contributed by atoms with Gasteiger partial charge in [0.15, 0.2) is 5.78 Å². The third-order valence-corrected chi connectivity index (χ3v) is 3.28. The summed E-state index contributed by atoms with van der Waals surface area (Å²) >= 11 is 0. The molecule has 2 aromatic heterocycles. The highest BCUT2D eigenvalue weighted by Crippen LogP contribution is 2.17. The summed E-state index contributed by atoms with van der Waals surface area (Å²) in [7, 11) is 0. The molecule has 0 spiro atoms. The smallest absolute Gasteiger partial charge is 0.256 e. The minimum atomic E-state index is -0.937. The zero-order valence-electron chi connectivity index (χ0n) is 11.0. The summed E-state index contributed by atoms with van der Waals surface area (Å²) in [4.78, 5) is 27.0. The molecule has 6 heteroatoms. The van der Waals surface area contributed by atoms with Crippen molar-refractivity contribution in [3.8, 4) is 0 Å². The molecule has 0 unspecified atom stereocenters. The SMILES string of the molecule is Cc1c[nH]c2c(C(=O)c3ccc(F)cc3F)ccc(=O)n12.